The van der Waals surface area contributed by atoms with Crippen LogP contribution in [0.25, 0.3) is 0 Å². The summed E-state index contributed by atoms with van der Waals surface area (Å²) in [7, 11) is -3.12. The fourth-order valence-corrected chi connectivity index (χ4v) is 4.27. The van der Waals surface area contributed by atoms with Crippen LogP contribution in [0.1, 0.15) is 41.3 Å². The van der Waals surface area contributed by atoms with E-state index < -0.39 is 10.0 Å². The molecule has 1 saturated heterocycles. The molecule has 0 bridgehead atoms. The second-order valence-corrected chi connectivity index (χ2v) is 9.85. The molecule has 0 aromatic heterocycles. The smallest absolute Gasteiger partial charge is 0.255 e. The molecule has 1 fully saturated rings. The number of anilines is 1. The van der Waals surface area contributed by atoms with E-state index in [0.29, 0.717) is 44.2 Å². The molecule has 0 unspecified atom stereocenters. The fraction of sp³-hybridized carbons (Fsp3) is 0.409. The van der Waals surface area contributed by atoms with Crippen molar-refractivity contribution < 1.29 is 13.2 Å². The lowest BCUT2D eigenvalue weighted by Crippen LogP contribution is -2.47. The van der Waals surface area contributed by atoms with Crippen molar-refractivity contribution in [3.63, 3.8) is 0 Å². The van der Waals surface area contributed by atoms with Gasteiger partial charge in [-0.05, 0) is 41.3 Å². The zero-order chi connectivity index (χ0) is 21.0. The maximum atomic E-state index is 12.6. The van der Waals surface area contributed by atoms with Crippen LogP contribution in [-0.4, -0.2) is 56.0 Å². The molecule has 0 aliphatic carbocycles. The molecular formula is C22H29N3O3S. The van der Waals surface area contributed by atoms with Gasteiger partial charge in [0.15, 0.2) is 0 Å². The first-order valence-electron chi connectivity index (χ1n) is 9.90. The van der Waals surface area contributed by atoms with Crippen LogP contribution < -0.4 is 5.32 Å². The molecule has 1 aliphatic heterocycles. The van der Waals surface area contributed by atoms with E-state index in [9.17, 15) is 13.2 Å². The van der Waals surface area contributed by atoms with Crippen LogP contribution >= 0.6 is 0 Å². The lowest BCUT2D eigenvalue weighted by Gasteiger charge is -2.33. The molecule has 3 rings (SSSR count). The van der Waals surface area contributed by atoms with Crippen molar-refractivity contribution in [2.45, 2.75) is 26.3 Å². The fourth-order valence-electron chi connectivity index (χ4n) is 3.44. The van der Waals surface area contributed by atoms with E-state index in [1.54, 1.807) is 0 Å². The zero-order valence-electron chi connectivity index (χ0n) is 17.3. The average Bonchev–Trinajstić information content (AvgIpc) is 2.68. The number of hydrogen-bond acceptors (Lipinski definition) is 4. The number of nitrogens with one attached hydrogen (secondary N) is 1. The molecule has 156 valence electrons. The predicted octanol–water partition coefficient (Wildman–Crippen LogP) is 3.14. The molecule has 1 heterocycles. The lowest BCUT2D eigenvalue weighted by atomic mass is 10.0. The third-order valence-corrected chi connectivity index (χ3v) is 6.53. The van der Waals surface area contributed by atoms with Crippen LogP contribution in [0.4, 0.5) is 5.69 Å². The van der Waals surface area contributed by atoms with Crippen molar-refractivity contribution in [1.82, 2.24) is 9.21 Å². The summed E-state index contributed by atoms with van der Waals surface area (Å²) in [4.78, 5) is 14.8. The van der Waals surface area contributed by atoms with Gasteiger partial charge in [0.1, 0.15) is 0 Å². The Kier molecular flexibility index (Phi) is 6.72. The normalized spacial score (nSPS) is 16.1. The molecule has 0 atom stereocenters. The van der Waals surface area contributed by atoms with Gasteiger partial charge in [0, 0.05) is 44.0 Å². The number of nitrogens with zero attached hydrogens (tertiary/aromatic N) is 2. The summed E-state index contributed by atoms with van der Waals surface area (Å²) >= 11 is 0. The van der Waals surface area contributed by atoms with Gasteiger partial charge in [0.2, 0.25) is 10.0 Å². The summed E-state index contributed by atoms with van der Waals surface area (Å²) in [5.41, 5.74) is 3.67. The predicted molar refractivity (Wildman–Crippen MR) is 117 cm³/mol. The molecule has 1 N–H and O–H groups in total. The first-order valence-corrected chi connectivity index (χ1v) is 11.7. The van der Waals surface area contributed by atoms with Crippen molar-refractivity contribution in [2.75, 3.05) is 37.8 Å². The average molecular weight is 416 g/mol. The molecule has 0 saturated carbocycles. The zero-order valence-corrected chi connectivity index (χ0v) is 18.1. The van der Waals surface area contributed by atoms with Crippen molar-refractivity contribution in [1.29, 1.82) is 0 Å². The maximum absolute atomic E-state index is 12.6. The van der Waals surface area contributed by atoms with E-state index >= 15 is 0 Å². The van der Waals surface area contributed by atoms with Gasteiger partial charge in [-0.25, -0.2) is 8.42 Å². The van der Waals surface area contributed by atoms with Gasteiger partial charge in [0.05, 0.1) is 6.26 Å². The Hall–Kier alpha value is -2.22. The highest BCUT2D eigenvalue weighted by Crippen LogP contribution is 2.18. The van der Waals surface area contributed by atoms with E-state index in [0.717, 1.165) is 11.3 Å². The summed E-state index contributed by atoms with van der Waals surface area (Å²) in [6.07, 6.45) is 1.25. The number of carbonyl (C=O) groups is 1. The topological polar surface area (TPSA) is 69.7 Å². The van der Waals surface area contributed by atoms with Gasteiger partial charge < -0.3 is 5.32 Å². The standard InChI is InChI=1S/C22H29N3O3S/c1-17(2)19-7-9-21(10-8-19)23-22(26)20-6-4-5-18(15-20)16-24-11-13-25(14-12-24)29(3,27)28/h4-10,15,17H,11-14,16H2,1-3H3,(H,23,26). The molecule has 2 aromatic rings. The Morgan fingerprint density at radius 2 is 1.69 bits per heavy atom. The third kappa shape index (κ3) is 5.88. The highest BCUT2D eigenvalue weighted by molar-refractivity contribution is 7.88. The number of rotatable bonds is 6. The van der Waals surface area contributed by atoms with Crippen LogP contribution in [0.5, 0.6) is 0 Å². The molecule has 0 spiro atoms. The van der Waals surface area contributed by atoms with Gasteiger partial charge in [-0.15, -0.1) is 0 Å². The van der Waals surface area contributed by atoms with Crippen LogP contribution in [0.3, 0.4) is 0 Å². The molecule has 29 heavy (non-hydrogen) atoms. The number of amides is 1. The Morgan fingerprint density at radius 1 is 1.03 bits per heavy atom. The van der Waals surface area contributed by atoms with Gasteiger partial charge in [-0.3, -0.25) is 9.69 Å². The SMILES string of the molecule is CC(C)c1ccc(NC(=O)c2cccc(CN3CCN(S(C)(=O)=O)CC3)c2)cc1. The van der Waals surface area contributed by atoms with E-state index in [2.05, 4.69) is 24.1 Å². The second-order valence-electron chi connectivity index (χ2n) is 7.87. The minimum absolute atomic E-state index is 0.133. The van der Waals surface area contributed by atoms with Gasteiger partial charge >= 0.3 is 0 Å². The summed E-state index contributed by atoms with van der Waals surface area (Å²) in [5.74, 6) is 0.321. The van der Waals surface area contributed by atoms with Gasteiger partial charge in [-0.2, -0.15) is 4.31 Å². The summed E-state index contributed by atoms with van der Waals surface area (Å²) in [6.45, 7) is 7.36. The highest BCUT2D eigenvalue weighted by atomic mass is 32.2. The number of sulfonamides is 1. The van der Waals surface area contributed by atoms with Crippen molar-refractivity contribution in [2.24, 2.45) is 0 Å². The Bertz CT molecular complexity index is 948. The number of benzene rings is 2. The van der Waals surface area contributed by atoms with Gasteiger partial charge in [-0.1, -0.05) is 38.1 Å². The van der Waals surface area contributed by atoms with Crippen LogP contribution in [0.15, 0.2) is 48.5 Å². The molecule has 0 radical (unpaired) electrons. The molecule has 6 nitrogen and oxygen atoms in total. The minimum Gasteiger partial charge on any atom is -0.322 e. The monoisotopic (exact) mass is 415 g/mol. The molecular weight excluding hydrogens is 386 g/mol. The second kappa shape index (κ2) is 9.07. The van der Waals surface area contributed by atoms with Crippen LogP contribution in [0.2, 0.25) is 0 Å². The van der Waals surface area contributed by atoms with Crippen LogP contribution in [0, 0.1) is 0 Å². The molecule has 1 aliphatic rings. The van der Waals surface area contributed by atoms with E-state index in [1.165, 1.54) is 16.1 Å². The van der Waals surface area contributed by atoms with E-state index in [-0.39, 0.29) is 5.91 Å². The number of piperazine rings is 1. The molecule has 7 heteroatoms. The molecule has 1 amide bonds. The lowest BCUT2D eigenvalue weighted by molar-refractivity contribution is 0.102. The Balaban J connectivity index is 1.60. The minimum atomic E-state index is -3.12. The van der Waals surface area contributed by atoms with Crippen molar-refractivity contribution in [3.05, 3.63) is 65.2 Å². The highest BCUT2D eigenvalue weighted by Gasteiger charge is 2.23. The molecule has 2 aromatic carbocycles. The quantitative estimate of drug-likeness (QED) is 0.787. The number of hydrogen-bond donors (Lipinski definition) is 1. The van der Waals surface area contributed by atoms with E-state index in [4.69, 9.17) is 0 Å². The largest absolute Gasteiger partial charge is 0.322 e. The van der Waals surface area contributed by atoms with Gasteiger partial charge in [0.25, 0.3) is 5.91 Å². The third-order valence-electron chi connectivity index (χ3n) is 5.23. The van der Waals surface area contributed by atoms with Crippen molar-refractivity contribution in [3.8, 4) is 0 Å². The number of carbonyl (C=O) groups excluding carboxylic acids is 1. The summed E-state index contributed by atoms with van der Waals surface area (Å²) in [5, 5.41) is 2.95. The first-order chi connectivity index (χ1) is 13.7. The summed E-state index contributed by atoms with van der Waals surface area (Å²) in [6, 6.07) is 15.5. The van der Waals surface area contributed by atoms with Crippen LogP contribution in [-0.2, 0) is 16.6 Å². The summed E-state index contributed by atoms with van der Waals surface area (Å²) < 4.78 is 24.8. The Labute approximate surface area is 173 Å². The van der Waals surface area contributed by atoms with Crippen molar-refractivity contribution >= 4 is 21.6 Å². The first kappa shape index (κ1) is 21.5. The maximum Gasteiger partial charge on any atom is 0.255 e. The Morgan fingerprint density at radius 3 is 2.28 bits per heavy atom. The van der Waals surface area contributed by atoms with E-state index in [1.807, 2.05) is 48.5 Å².